The molecule has 0 saturated heterocycles. The largest absolute Gasteiger partial charge is 0.455 e. The molecule has 1 heterocycles. The molecule has 3 rings (SSSR count). The van der Waals surface area contributed by atoms with Crippen LogP contribution in [0.2, 0.25) is 5.02 Å². The van der Waals surface area contributed by atoms with E-state index in [-0.39, 0.29) is 22.9 Å². The normalized spacial score (nSPS) is 10.7. The number of halogens is 3. The van der Waals surface area contributed by atoms with Crippen molar-refractivity contribution in [1.82, 2.24) is 9.78 Å². The molecule has 3 aromatic rings. The Balaban J connectivity index is 1.47. The number of benzene rings is 2. The van der Waals surface area contributed by atoms with Gasteiger partial charge in [-0.2, -0.15) is 13.9 Å². The van der Waals surface area contributed by atoms with Crippen molar-refractivity contribution in [1.29, 1.82) is 0 Å². The highest BCUT2D eigenvalue weighted by molar-refractivity contribution is 6.32. The van der Waals surface area contributed by atoms with Crippen molar-refractivity contribution in [3.05, 3.63) is 71.5 Å². The van der Waals surface area contributed by atoms with Crippen molar-refractivity contribution in [2.75, 3.05) is 11.9 Å². The lowest BCUT2D eigenvalue weighted by molar-refractivity contribution is -0.146. The molecule has 0 radical (unpaired) electrons. The molecule has 0 aliphatic rings. The van der Waals surface area contributed by atoms with Gasteiger partial charge in [0.1, 0.15) is 5.75 Å². The molecule has 2 aromatic carbocycles. The lowest BCUT2D eigenvalue weighted by atomic mass is 10.2. The zero-order chi connectivity index (χ0) is 21.5. The lowest BCUT2D eigenvalue weighted by Crippen LogP contribution is -2.21. The Morgan fingerprint density at radius 2 is 1.93 bits per heavy atom. The predicted molar refractivity (Wildman–Crippen MR) is 105 cm³/mol. The van der Waals surface area contributed by atoms with Gasteiger partial charge >= 0.3 is 12.6 Å². The summed E-state index contributed by atoms with van der Waals surface area (Å²) in [5, 5.41) is 6.53. The molecular formula is C20H16ClF2N3O4. The third-order valence-electron chi connectivity index (χ3n) is 3.80. The van der Waals surface area contributed by atoms with Gasteiger partial charge in [-0.05, 0) is 30.3 Å². The monoisotopic (exact) mass is 435 g/mol. The first kappa shape index (κ1) is 21.3. The fourth-order valence-electron chi connectivity index (χ4n) is 2.50. The molecule has 0 spiro atoms. The molecule has 0 atom stereocenters. The van der Waals surface area contributed by atoms with E-state index in [0.29, 0.717) is 5.56 Å². The number of ether oxygens (including phenoxy) is 2. The first-order valence-electron chi connectivity index (χ1n) is 8.69. The molecule has 0 saturated carbocycles. The Hall–Kier alpha value is -3.46. The summed E-state index contributed by atoms with van der Waals surface area (Å²) < 4.78 is 35.3. The maximum absolute atomic E-state index is 12.2. The second kappa shape index (κ2) is 9.84. The van der Waals surface area contributed by atoms with Crippen molar-refractivity contribution >= 4 is 29.2 Å². The van der Waals surface area contributed by atoms with Crippen molar-refractivity contribution in [2.45, 2.75) is 13.0 Å². The quantitative estimate of drug-likeness (QED) is 0.543. The molecule has 10 heteroatoms. The maximum atomic E-state index is 12.2. The minimum absolute atomic E-state index is 0.0500. The first-order chi connectivity index (χ1) is 14.4. The van der Waals surface area contributed by atoms with Crippen LogP contribution in [0.1, 0.15) is 5.56 Å². The van der Waals surface area contributed by atoms with Crippen molar-refractivity contribution in [2.24, 2.45) is 0 Å². The Bertz CT molecular complexity index is 1030. The van der Waals surface area contributed by atoms with Gasteiger partial charge in [-0.3, -0.25) is 9.59 Å². The summed E-state index contributed by atoms with van der Waals surface area (Å²) >= 11 is 5.82. The molecule has 7 nitrogen and oxygen atoms in total. The number of aromatic nitrogens is 2. The topological polar surface area (TPSA) is 82.5 Å². The predicted octanol–water partition coefficient (Wildman–Crippen LogP) is 3.85. The van der Waals surface area contributed by atoms with Crippen LogP contribution in [0.4, 0.5) is 14.5 Å². The molecule has 30 heavy (non-hydrogen) atoms. The van der Waals surface area contributed by atoms with Gasteiger partial charge in [-0.25, -0.2) is 4.68 Å². The summed E-state index contributed by atoms with van der Waals surface area (Å²) in [5.41, 5.74) is 1.72. The maximum Gasteiger partial charge on any atom is 0.387 e. The lowest BCUT2D eigenvalue weighted by Gasteiger charge is -2.10. The average molecular weight is 436 g/mol. The SMILES string of the molecule is O=C(COC(=O)Cc1cnn(-c2ccccc2)c1)Nc1ccc(OC(F)F)c(Cl)c1. The highest BCUT2D eigenvalue weighted by atomic mass is 35.5. The van der Waals surface area contributed by atoms with Crippen molar-refractivity contribution in [3.63, 3.8) is 0 Å². The molecule has 1 amide bonds. The molecule has 1 aromatic heterocycles. The van der Waals surface area contributed by atoms with Gasteiger partial charge in [0.2, 0.25) is 0 Å². The molecule has 0 unspecified atom stereocenters. The highest BCUT2D eigenvalue weighted by Gasteiger charge is 2.13. The van der Waals surface area contributed by atoms with E-state index in [4.69, 9.17) is 16.3 Å². The minimum Gasteiger partial charge on any atom is -0.455 e. The van der Waals surface area contributed by atoms with Crippen LogP contribution in [-0.2, 0) is 20.7 Å². The summed E-state index contributed by atoms with van der Waals surface area (Å²) in [7, 11) is 0. The van der Waals surface area contributed by atoms with Crippen LogP contribution in [-0.4, -0.2) is 34.9 Å². The van der Waals surface area contributed by atoms with E-state index in [0.717, 1.165) is 5.69 Å². The van der Waals surface area contributed by atoms with E-state index in [2.05, 4.69) is 15.2 Å². The third kappa shape index (κ3) is 6.02. The van der Waals surface area contributed by atoms with E-state index >= 15 is 0 Å². The van der Waals surface area contributed by atoms with Gasteiger partial charge in [0.15, 0.2) is 6.61 Å². The number of nitrogens with one attached hydrogen (secondary N) is 1. The fraction of sp³-hybridized carbons (Fsp3) is 0.150. The van der Waals surface area contributed by atoms with E-state index < -0.39 is 25.1 Å². The molecule has 156 valence electrons. The average Bonchev–Trinajstić information content (AvgIpc) is 3.17. The number of hydrogen-bond donors (Lipinski definition) is 1. The Kier molecular flexibility index (Phi) is 6.97. The van der Waals surface area contributed by atoms with E-state index in [9.17, 15) is 18.4 Å². The Morgan fingerprint density at radius 3 is 2.63 bits per heavy atom. The van der Waals surface area contributed by atoms with Gasteiger partial charge in [0, 0.05) is 17.4 Å². The number of hydrogen-bond acceptors (Lipinski definition) is 5. The first-order valence-corrected chi connectivity index (χ1v) is 9.07. The van der Waals surface area contributed by atoms with Gasteiger partial charge < -0.3 is 14.8 Å². The van der Waals surface area contributed by atoms with Gasteiger partial charge in [0.25, 0.3) is 5.91 Å². The van der Waals surface area contributed by atoms with Crippen molar-refractivity contribution < 1.29 is 27.8 Å². The summed E-state index contributed by atoms with van der Waals surface area (Å²) in [6.45, 7) is -3.53. The number of rotatable bonds is 8. The van der Waals surface area contributed by atoms with Gasteiger partial charge in [0.05, 0.1) is 23.3 Å². The highest BCUT2D eigenvalue weighted by Crippen LogP contribution is 2.28. The van der Waals surface area contributed by atoms with E-state index in [1.165, 1.54) is 18.2 Å². The van der Waals surface area contributed by atoms with Crippen LogP contribution in [0.15, 0.2) is 60.9 Å². The van der Waals surface area contributed by atoms with Gasteiger partial charge in [-0.15, -0.1) is 0 Å². The second-order valence-corrected chi connectivity index (χ2v) is 6.45. The minimum atomic E-state index is -3.01. The number of anilines is 1. The summed E-state index contributed by atoms with van der Waals surface area (Å²) in [6.07, 6.45) is 3.19. The molecule has 0 aliphatic carbocycles. The second-order valence-electron chi connectivity index (χ2n) is 6.04. The number of para-hydroxylation sites is 1. The number of esters is 1. The van der Waals surface area contributed by atoms with Crippen LogP contribution < -0.4 is 10.1 Å². The third-order valence-corrected chi connectivity index (χ3v) is 4.10. The van der Waals surface area contributed by atoms with Crippen LogP contribution in [0, 0.1) is 0 Å². The number of nitrogens with zero attached hydrogens (tertiary/aromatic N) is 2. The number of amides is 1. The molecular weight excluding hydrogens is 420 g/mol. The Labute approximate surface area is 175 Å². The smallest absolute Gasteiger partial charge is 0.387 e. The molecule has 0 bridgehead atoms. The van der Waals surface area contributed by atoms with E-state index in [1.54, 1.807) is 17.1 Å². The fourth-order valence-corrected chi connectivity index (χ4v) is 2.73. The molecule has 1 N–H and O–H groups in total. The summed E-state index contributed by atoms with van der Waals surface area (Å²) in [4.78, 5) is 23.9. The van der Waals surface area contributed by atoms with Crippen LogP contribution >= 0.6 is 11.6 Å². The number of alkyl halides is 2. The standard InChI is InChI=1S/C20H16ClF2N3O4/c21-16-9-14(6-7-17(16)30-20(22)23)25-18(27)12-29-19(28)8-13-10-24-26(11-13)15-4-2-1-3-5-15/h1-7,9-11,20H,8,12H2,(H,25,27). The van der Waals surface area contributed by atoms with E-state index in [1.807, 2.05) is 30.3 Å². The van der Waals surface area contributed by atoms with Crippen LogP contribution in [0.25, 0.3) is 5.69 Å². The zero-order valence-electron chi connectivity index (χ0n) is 15.4. The number of carbonyl (C=O) groups excluding carboxylic acids is 2. The van der Waals surface area contributed by atoms with Crippen molar-refractivity contribution in [3.8, 4) is 11.4 Å². The molecule has 0 aliphatic heterocycles. The number of carbonyl (C=O) groups is 2. The van der Waals surface area contributed by atoms with Gasteiger partial charge in [-0.1, -0.05) is 29.8 Å². The summed E-state index contributed by atoms with van der Waals surface area (Å²) in [5.74, 6) is -1.43. The zero-order valence-corrected chi connectivity index (χ0v) is 16.2. The summed E-state index contributed by atoms with van der Waals surface area (Å²) in [6, 6.07) is 13.1. The Morgan fingerprint density at radius 1 is 1.17 bits per heavy atom. The van der Waals surface area contributed by atoms with Crippen LogP contribution in [0.5, 0.6) is 5.75 Å². The molecule has 0 fully saturated rings. The van der Waals surface area contributed by atoms with Crippen LogP contribution in [0.3, 0.4) is 0 Å².